The molecule has 0 rings (SSSR count). The first kappa shape index (κ1) is 49.6. The van der Waals surface area contributed by atoms with Crippen molar-refractivity contribution in [2.75, 3.05) is 26.4 Å². The van der Waals surface area contributed by atoms with Crippen LogP contribution in [0.4, 0.5) is 0 Å². The molecule has 0 saturated carbocycles. The molecule has 0 aliphatic heterocycles. The van der Waals surface area contributed by atoms with Crippen LogP contribution in [0.5, 0.6) is 0 Å². The van der Waals surface area contributed by atoms with Gasteiger partial charge >= 0.3 is 17.2 Å². The molecule has 0 spiro atoms. The van der Waals surface area contributed by atoms with Crippen molar-refractivity contribution < 1.29 is 27.9 Å². The summed E-state index contributed by atoms with van der Waals surface area (Å²) in [6.07, 6.45) is 43.4. The van der Waals surface area contributed by atoms with E-state index in [0.29, 0.717) is 19.8 Å². The minimum absolute atomic E-state index is 0.215. The van der Waals surface area contributed by atoms with Crippen molar-refractivity contribution in [1.82, 2.24) is 0 Å². The molecule has 2 N–H and O–H groups in total. The highest BCUT2D eigenvalue weighted by Crippen LogP contribution is 2.42. The molecule has 0 radical (unpaired) electrons. The maximum Gasteiger partial charge on any atom is 0.332 e. The summed E-state index contributed by atoms with van der Waals surface area (Å²) in [5.74, 6) is 0. The second-order valence-electron chi connectivity index (χ2n) is 15.5. The third-order valence-corrected chi connectivity index (χ3v) is 11.0. The van der Waals surface area contributed by atoms with Gasteiger partial charge in [0.15, 0.2) is 0 Å². The van der Waals surface area contributed by atoms with E-state index in [1.54, 1.807) is 0 Å². The molecule has 0 aliphatic rings. The molecule has 0 bridgehead atoms. The zero-order chi connectivity index (χ0) is 35.9. The second-order valence-corrected chi connectivity index (χ2v) is 17.4. The van der Waals surface area contributed by atoms with Crippen molar-refractivity contribution in [3.8, 4) is 0 Å². The summed E-state index contributed by atoms with van der Waals surface area (Å²) in [6.45, 7) is 10.5. The molecule has 0 aliphatic carbocycles. The maximum atomic E-state index is 9.14. The SMILES string of the molecule is CCCCCCCCCCCCCCCCCCOP(OCCCCCCCCCCCCCCCCCC)OCC(C)(C)COP(O)O. The van der Waals surface area contributed by atoms with Gasteiger partial charge < -0.3 is 27.9 Å². The molecule has 8 heteroatoms. The Bertz CT molecular complexity index is 587. The van der Waals surface area contributed by atoms with E-state index in [-0.39, 0.29) is 12.0 Å². The third kappa shape index (κ3) is 41.2. The van der Waals surface area contributed by atoms with E-state index in [2.05, 4.69) is 13.8 Å². The Morgan fingerprint density at radius 1 is 0.347 bits per heavy atom. The quantitative estimate of drug-likeness (QED) is 0.0480. The fourth-order valence-electron chi connectivity index (χ4n) is 6.19. The average Bonchev–Trinajstić information content (AvgIpc) is 3.08. The predicted octanol–water partition coefficient (Wildman–Crippen LogP) is 15.0. The Hall–Kier alpha value is 0.620. The van der Waals surface area contributed by atoms with Gasteiger partial charge in [-0.3, -0.25) is 0 Å². The van der Waals surface area contributed by atoms with Crippen LogP contribution < -0.4 is 0 Å². The van der Waals surface area contributed by atoms with Crippen molar-refractivity contribution in [3.63, 3.8) is 0 Å². The van der Waals surface area contributed by atoms with E-state index in [0.717, 1.165) is 12.8 Å². The van der Waals surface area contributed by atoms with Crippen molar-refractivity contribution in [1.29, 1.82) is 0 Å². The Morgan fingerprint density at radius 2 is 0.592 bits per heavy atom. The molecule has 0 amide bonds. The largest absolute Gasteiger partial charge is 0.332 e. The minimum atomic E-state index is -2.36. The first-order chi connectivity index (χ1) is 23.9. The summed E-state index contributed by atoms with van der Waals surface area (Å²) in [4.78, 5) is 18.3. The Morgan fingerprint density at radius 3 is 0.857 bits per heavy atom. The lowest BCUT2D eigenvalue weighted by Gasteiger charge is -2.26. The van der Waals surface area contributed by atoms with Crippen LogP contribution >= 0.6 is 17.2 Å². The lowest BCUT2D eigenvalue weighted by atomic mass is 9.97. The fourth-order valence-corrected chi connectivity index (χ4v) is 7.89. The molecule has 0 atom stereocenters. The Labute approximate surface area is 309 Å². The Balaban J connectivity index is 3.92. The summed E-state index contributed by atoms with van der Waals surface area (Å²) in [6, 6.07) is 0. The number of hydrogen-bond donors (Lipinski definition) is 2. The van der Waals surface area contributed by atoms with Crippen molar-refractivity contribution in [2.24, 2.45) is 5.41 Å². The van der Waals surface area contributed by atoms with Gasteiger partial charge in [-0.1, -0.05) is 220 Å². The van der Waals surface area contributed by atoms with Gasteiger partial charge in [-0.25, -0.2) is 0 Å². The molecule has 0 fully saturated rings. The van der Waals surface area contributed by atoms with Gasteiger partial charge in [0.1, 0.15) is 0 Å². The normalized spacial score (nSPS) is 12.2. The maximum absolute atomic E-state index is 9.14. The summed E-state index contributed by atoms with van der Waals surface area (Å²) in [5, 5.41) is 0. The molecule has 0 aromatic rings. The van der Waals surface area contributed by atoms with Crippen LogP contribution in [-0.2, 0) is 18.1 Å². The molecule has 49 heavy (non-hydrogen) atoms. The van der Waals surface area contributed by atoms with Crippen LogP contribution in [0.2, 0.25) is 0 Å². The highest BCUT2D eigenvalue weighted by atomic mass is 31.2. The van der Waals surface area contributed by atoms with Crippen molar-refractivity contribution in [2.45, 2.75) is 233 Å². The van der Waals surface area contributed by atoms with Crippen LogP contribution in [0.1, 0.15) is 233 Å². The molecule has 0 unspecified atom stereocenters. The van der Waals surface area contributed by atoms with Gasteiger partial charge in [0.25, 0.3) is 0 Å². The van der Waals surface area contributed by atoms with E-state index in [1.165, 1.54) is 193 Å². The molecule has 0 heterocycles. The van der Waals surface area contributed by atoms with Crippen molar-refractivity contribution >= 4 is 17.2 Å². The highest BCUT2D eigenvalue weighted by molar-refractivity contribution is 7.41. The zero-order valence-corrected chi connectivity index (χ0v) is 35.2. The van der Waals surface area contributed by atoms with Gasteiger partial charge in [0.05, 0.1) is 26.4 Å². The smallest absolute Gasteiger partial charge is 0.328 e. The van der Waals surface area contributed by atoms with Crippen LogP contribution in [0, 0.1) is 5.41 Å². The lowest BCUT2D eigenvalue weighted by Crippen LogP contribution is -2.24. The van der Waals surface area contributed by atoms with E-state index in [1.807, 2.05) is 13.8 Å². The molecule has 296 valence electrons. The number of hydrogen-bond acceptors (Lipinski definition) is 6. The van der Waals surface area contributed by atoms with Crippen LogP contribution in [0.15, 0.2) is 0 Å². The molecule has 0 aromatic carbocycles. The van der Waals surface area contributed by atoms with Crippen LogP contribution in [0.3, 0.4) is 0 Å². The summed E-state index contributed by atoms with van der Waals surface area (Å²) in [7, 11) is -3.77. The lowest BCUT2D eigenvalue weighted by molar-refractivity contribution is 0.0768. The first-order valence-corrected chi connectivity index (χ1v) is 23.7. The molecule has 0 saturated heterocycles. The number of rotatable bonds is 42. The molecular weight excluding hydrogens is 650 g/mol. The fraction of sp³-hybridized carbons (Fsp3) is 1.00. The third-order valence-electron chi connectivity index (χ3n) is 9.52. The second kappa shape index (κ2) is 39.8. The van der Waals surface area contributed by atoms with Gasteiger partial charge in [-0.2, -0.15) is 0 Å². The summed E-state index contributed by atoms with van der Waals surface area (Å²) in [5.41, 5.74) is -0.359. The van der Waals surface area contributed by atoms with E-state index in [4.69, 9.17) is 27.9 Å². The van der Waals surface area contributed by atoms with Crippen molar-refractivity contribution in [3.05, 3.63) is 0 Å². The van der Waals surface area contributed by atoms with Gasteiger partial charge in [0.2, 0.25) is 0 Å². The van der Waals surface area contributed by atoms with E-state index >= 15 is 0 Å². The molecular formula is C41H86O6P2. The average molecular weight is 737 g/mol. The topological polar surface area (TPSA) is 77.4 Å². The molecule has 0 aromatic heterocycles. The van der Waals surface area contributed by atoms with Gasteiger partial charge in [-0.15, -0.1) is 0 Å². The summed E-state index contributed by atoms with van der Waals surface area (Å²) >= 11 is 0. The summed E-state index contributed by atoms with van der Waals surface area (Å²) < 4.78 is 23.3. The van der Waals surface area contributed by atoms with Gasteiger partial charge in [-0.05, 0) is 12.8 Å². The predicted molar refractivity (Wildman–Crippen MR) is 215 cm³/mol. The van der Waals surface area contributed by atoms with Crippen LogP contribution in [-0.4, -0.2) is 36.2 Å². The van der Waals surface area contributed by atoms with Crippen LogP contribution in [0.25, 0.3) is 0 Å². The highest BCUT2D eigenvalue weighted by Gasteiger charge is 2.24. The van der Waals surface area contributed by atoms with E-state index in [9.17, 15) is 0 Å². The Kier molecular flexibility index (Phi) is 40.3. The zero-order valence-electron chi connectivity index (χ0n) is 33.4. The first-order valence-electron chi connectivity index (χ1n) is 21.4. The van der Waals surface area contributed by atoms with Gasteiger partial charge in [0, 0.05) is 5.41 Å². The monoisotopic (exact) mass is 737 g/mol. The molecule has 6 nitrogen and oxygen atoms in total. The standard InChI is InChI=1S/C41H86O6P2/c1-5-7-9-11-13-15-17-19-21-23-25-27-29-31-33-35-37-44-49(47-40-41(3,4)39-46-48(42)43)45-38-36-34-32-30-28-26-24-22-20-18-16-14-12-10-8-6-2/h42-43H,5-40H2,1-4H3. The number of unbranched alkanes of at least 4 members (excludes halogenated alkanes) is 30. The minimum Gasteiger partial charge on any atom is -0.328 e. The van der Waals surface area contributed by atoms with E-state index < -0.39 is 17.2 Å².